The van der Waals surface area contributed by atoms with Gasteiger partial charge < -0.3 is 9.84 Å². The largest absolute Gasteiger partial charge is 0.481 e. The Hall–Kier alpha value is -1.35. The number of carbonyl (C=O) groups is 1. The summed E-state index contributed by atoms with van der Waals surface area (Å²) in [6, 6.07) is 6.46. The second-order valence-electron chi connectivity index (χ2n) is 5.18. The monoisotopic (exact) mass is 232 g/mol. The number of carboxylic acid groups (broad SMARTS) is 1. The molecular formula is C14H16O3. The fourth-order valence-electron chi connectivity index (χ4n) is 2.91. The molecule has 1 saturated heterocycles. The van der Waals surface area contributed by atoms with Crippen molar-refractivity contribution in [3.63, 3.8) is 0 Å². The first-order valence-corrected chi connectivity index (χ1v) is 6.11. The van der Waals surface area contributed by atoms with Crippen LogP contribution in [0.15, 0.2) is 18.2 Å². The molecule has 1 fully saturated rings. The van der Waals surface area contributed by atoms with E-state index in [1.165, 1.54) is 17.5 Å². The Morgan fingerprint density at radius 2 is 2.06 bits per heavy atom. The second kappa shape index (κ2) is 3.84. The minimum atomic E-state index is -0.742. The summed E-state index contributed by atoms with van der Waals surface area (Å²) in [6.45, 7) is 1.08. The van der Waals surface area contributed by atoms with Crippen molar-refractivity contribution in [2.45, 2.75) is 31.1 Å². The van der Waals surface area contributed by atoms with Gasteiger partial charge in [0.25, 0.3) is 0 Å². The van der Waals surface area contributed by atoms with Crippen molar-refractivity contribution >= 4 is 5.97 Å². The average Bonchev–Trinajstić information content (AvgIpc) is 2.69. The Morgan fingerprint density at radius 1 is 1.29 bits per heavy atom. The van der Waals surface area contributed by atoms with Crippen LogP contribution >= 0.6 is 0 Å². The molecule has 0 atom stereocenters. The molecule has 1 aromatic rings. The molecule has 1 heterocycles. The number of benzene rings is 1. The molecule has 1 N–H and O–H groups in total. The van der Waals surface area contributed by atoms with Crippen molar-refractivity contribution in [1.82, 2.24) is 0 Å². The highest BCUT2D eigenvalue weighted by Gasteiger charge is 2.42. The highest BCUT2D eigenvalue weighted by atomic mass is 16.5. The van der Waals surface area contributed by atoms with Crippen LogP contribution in [0.2, 0.25) is 0 Å². The molecule has 2 aliphatic rings. The summed E-state index contributed by atoms with van der Waals surface area (Å²) < 4.78 is 5.25. The summed E-state index contributed by atoms with van der Waals surface area (Å²) in [7, 11) is 0. The highest BCUT2D eigenvalue weighted by molar-refractivity contribution is 5.69. The van der Waals surface area contributed by atoms with E-state index in [2.05, 4.69) is 18.2 Å². The molecule has 0 unspecified atom stereocenters. The zero-order valence-corrected chi connectivity index (χ0v) is 9.74. The zero-order chi connectivity index (χ0) is 11.9. The minimum Gasteiger partial charge on any atom is -0.481 e. The molecule has 3 nitrogen and oxygen atoms in total. The van der Waals surface area contributed by atoms with Gasteiger partial charge in [0.15, 0.2) is 0 Å². The number of aryl methyl sites for hydroxylation is 2. The first-order valence-electron chi connectivity index (χ1n) is 6.11. The predicted octanol–water partition coefficient (Wildman–Crippen LogP) is 1.92. The lowest BCUT2D eigenvalue weighted by Crippen LogP contribution is -2.48. The van der Waals surface area contributed by atoms with Gasteiger partial charge in [0.05, 0.1) is 25.0 Å². The molecule has 0 radical (unpaired) electrons. The van der Waals surface area contributed by atoms with Gasteiger partial charge in [-0.15, -0.1) is 0 Å². The lowest BCUT2D eigenvalue weighted by Gasteiger charge is -2.41. The van der Waals surface area contributed by atoms with E-state index in [1.54, 1.807) is 0 Å². The topological polar surface area (TPSA) is 46.5 Å². The van der Waals surface area contributed by atoms with Crippen molar-refractivity contribution in [3.8, 4) is 0 Å². The third kappa shape index (κ3) is 1.75. The van der Waals surface area contributed by atoms with E-state index in [9.17, 15) is 4.79 Å². The van der Waals surface area contributed by atoms with Crippen molar-refractivity contribution < 1.29 is 14.6 Å². The molecule has 17 heavy (non-hydrogen) atoms. The standard InChI is InChI=1S/C14H16O3/c15-13(16)7-14(8-17-9-14)12-5-4-10-2-1-3-11(10)6-12/h4-6H,1-3,7-9H2,(H,15,16). The fourth-order valence-corrected chi connectivity index (χ4v) is 2.91. The number of hydrogen-bond acceptors (Lipinski definition) is 2. The van der Waals surface area contributed by atoms with Gasteiger partial charge in [-0.1, -0.05) is 18.2 Å². The maximum atomic E-state index is 11.0. The SMILES string of the molecule is O=C(O)CC1(c2ccc3c(c2)CCC3)COC1. The van der Waals surface area contributed by atoms with Crippen LogP contribution in [0, 0.1) is 0 Å². The molecule has 3 rings (SSSR count). The second-order valence-corrected chi connectivity index (χ2v) is 5.18. The van der Waals surface area contributed by atoms with E-state index in [-0.39, 0.29) is 11.8 Å². The maximum Gasteiger partial charge on any atom is 0.304 e. The van der Waals surface area contributed by atoms with Gasteiger partial charge in [-0.25, -0.2) is 0 Å². The summed E-state index contributed by atoms with van der Waals surface area (Å²) in [5.74, 6) is -0.742. The third-order valence-electron chi connectivity index (χ3n) is 3.96. The van der Waals surface area contributed by atoms with Crippen LogP contribution in [0.3, 0.4) is 0 Å². The first kappa shape index (κ1) is 10.8. The highest BCUT2D eigenvalue weighted by Crippen LogP contribution is 2.37. The quantitative estimate of drug-likeness (QED) is 0.866. The normalized spacial score (nSPS) is 20.7. The average molecular weight is 232 g/mol. The molecule has 0 aromatic heterocycles. The third-order valence-corrected chi connectivity index (χ3v) is 3.96. The number of rotatable bonds is 3. The summed E-state index contributed by atoms with van der Waals surface area (Å²) >= 11 is 0. The number of fused-ring (bicyclic) bond motifs is 1. The summed E-state index contributed by atoms with van der Waals surface area (Å²) in [5.41, 5.74) is 3.70. The molecule has 0 bridgehead atoms. The van der Waals surface area contributed by atoms with Crippen LogP contribution in [0.4, 0.5) is 0 Å². The molecule has 0 amide bonds. The van der Waals surface area contributed by atoms with E-state index in [4.69, 9.17) is 9.84 Å². The van der Waals surface area contributed by atoms with Crippen molar-refractivity contribution in [2.75, 3.05) is 13.2 Å². The van der Waals surface area contributed by atoms with Crippen LogP contribution in [0.25, 0.3) is 0 Å². The molecular weight excluding hydrogens is 216 g/mol. The van der Waals surface area contributed by atoms with Crippen LogP contribution < -0.4 is 0 Å². The molecule has 3 heteroatoms. The van der Waals surface area contributed by atoms with Crippen LogP contribution in [-0.4, -0.2) is 24.3 Å². The van der Waals surface area contributed by atoms with Gasteiger partial charge in [-0.05, 0) is 36.0 Å². The first-order chi connectivity index (χ1) is 8.20. The van der Waals surface area contributed by atoms with Gasteiger partial charge in [-0.2, -0.15) is 0 Å². The maximum absolute atomic E-state index is 11.0. The predicted molar refractivity (Wildman–Crippen MR) is 63.2 cm³/mol. The van der Waals surface area contributed by atoms with Gasteiger partial charge in [0.1, 0.15) is 0 Å². The Morgan fingerprint density at radius 3 is 2.71 bits per heavy atom. The lowest BCUT2D eigenvalue weighted by atomic mass is 9.75. The van der Waals surface area contributed by atoms with Gasteiger partial charge in [0, 0.05) is 0 Å². The summed E-state index contributed by atoms with van der Waals surface area (Å²) in [5, 5.41) is 9.01. The van der Waals surface area contributed by atoms with E-state index >= 15 is 0 Å². The van der Waals surface area contributed by atoms with Crippen LogP contribution in [0.5, 0.6) is 0 Å². The molecule has 1 aliphatic heterocycles. The Kier molecular flexibility index (Phi) is 2.44. The van der Waals surface area contributed by atoms with Crippen molar-refractivity contribution in [1.29, 1.82) is 0 Å². The fraction of sp³-hybridized carbons (Fsp3) is 0.500. The number of hydrogen-bond donors (Lipinski definition) is 1. The van der Waals surface area contributed by atoms with Gasteiger partial charge in [-0.3, -0.25) is 4.79 Å². The number of carboxylic acids is 1. The Bertz CT molecular complexity index is 461. The van der Waals surface area contributed by atoms with E-state index < -0.39 is 5.97 Å². The lowest BCUT2D eigenvalue weighted by molar-refractivity contribution is -0.145. The molecule has 90 valence electrons. The van der Waals surface area contributed by atoms with Gasteiger partial charge >= 0.3 is 5.97 Å². The molecule has 1 aliphatic carbocycles. The molecule has 1 aromatic carbocycles. The number of ether oxygens (including phenoxy) is 1. The summed E-state index contributed by atoms with van der Waals surface area (Å²) in [6.07, 6.45) is 3.69. The smallest absolute Gasteiger partial charge is 0.304 e. The van der Waals surface area contributed by atoms with E-state index in [0.717, 1.165) is 18.4 Å². The number of aliphatic carboxylic acids is 1. The minimum absolute atomic E-state index is 0.172. The Balaban J connectivity index is 1.94. The zero-order valence-electron chi connectivity index (χ0n) is 9.74. The Labute approximate surface area is 100 Å². The molecule has 0 saturated carbocycles. The van der Waals surface area contributed by atoms with Crippen LogP contribution in [-0.2, 0) is 27.8 Å². The van der Waals surface area contributed by atoms with Crippen molar-refractivity contribution in [3.05, 3.63) is 34.9 Å². The van der Waals surface area contributed by atoms with Crippen molar-refractivity contribution in [2.24, 2.45) is 0 Å². The summed E-state index contributed by atoms with van der Waals surface area (Å²) in [4.78, 5) is 11.0. The van der Waals surface area contributed by atoms with E-state index in [1.807, 2.05) is 0 Å². The van der Waals surface area contributed by atoms with Gasteiger partial charge in [0.2, 0.25) is 0 Å². The van der Waals surface area contributed by atoms with E-state index in [0.29, 0.717) is 13.2 Å². The van der Waals surface area contributed by atoms with Crippen LogP contribution in [0.1, 0.15) is 29.5 Å². The molecule has 0 spiro atoms.